The largest absolute Gasteiger partial charge is 0.504 e. The SMILES string of the molecule is CC(C)CC(NC(=O)C(Cc1ccc(O)c(O)c1)NC(=O)C(N)CCCN=C(N)N)C(=O)N1CCCC1C(=O)NC(C(=O)O)C(C)O. The lowest BCUT2D eigenvalue weighted by Gasteiger charge is -2.31. The number of carboxylic acids is 1. The second kappa shape index (κ2) is 17.9. The number of benzene rings is 1. The minimum atomic E-state index is -1.58. The Hall–Kier alpha value is -4.64. The third kappa shape index (κ3) is 11.9. The van der Waals surface area contributed by atoms with Gasteiger partial charge in [0, 0.05) is 19.5 Å². The van der Waals surface area contributed by atoms with Crippen molar-refractivity contribution in [3.05, 3.63) is 23.8 Å². The first-order valence-electron chi connectivity index (χ1n) is 15.5. The smallest absolute Gasteiger partial charge is 0.328 e. The number of nitrogens with one attached hydrogen (secondary N) is 3. The van der Waals surface area contributed by atoms with Crippen LogP contribution >= 0.6 is 0 Å². The van der Waals surface area contributed by atoms with Gasteiger partial charge in [0.25, 0.3) is 0 Å². The summed E-state index contributed by atoms with van der Waals surface area (Å²) in [5.74, 6) is -5.16. The molecule has 17 nitrogen and oxygen atoms in total. The Balaban J connectivity index is 2.29. The highest BCUT2D eigenvalue weighted by Gasteiger charge is 2.40. The first kappa shape index (κ1) is 38.5. The molecule has 6 unspecified atom stereocenters. The summed E-state index contributed by atoms with van der Waals surface area (Å²) in [7, 11) is 0. The van der Waals surface area contributed by atoms with Crippen LogP contribution in [-0.4, -0.2) is 110 Å². The number of likely N-dealkylation sites (tertiary alicyclic amines) is 1. The van der Waals surface area contributed by atoms with Gasteiger partial charge in [-0.1, -0.05) is 19.9 Å². The molecule has 1 fully saturated rings. The molecule has 6 atom stereocenters. The standard InChI is InChI=1S/C30H48N8O9/c1-15(2)12-20(28(45)38-11-5-7-21(38)27(44)37-24(16(3)39)29(46)47)36-26(43)19(13-17-8-9-22(40)23(41)14-17)35-25(42)18(31)6-4-10-34-30(32)33/h8-9,14-16,18-21,24,39-41H,4-7,10-13,31H2,1-3H3,(H,35,42)(H,36,43)(H,37,44)(H,46,47)(H4,32,33,34). The number of carboxylic acid groups (broad SMARTS) is 1. The highest BCUT2D eigenvalue weighted by molar-refractivity contribution is 5.96. The van der Waals surface area contributed by atoms with Gasteiger partial charge in [-0.05, 0) is 62.6 Å². The number of nitrogens with zero attached hydrogens (tertiary/aromatic N) is 2. The maximum absolute atomic E-state index is 13.8. The van der Waals surface area contributed by atoms with Gasteiger partial charge in [0.15, 0.2) is 23.5 Å². The van der Waals surface area contributed by atoms with Crippen molar-refractivity contribution in [1.82, 2.24) is 20.9 Å². The number of hydrogen-bond acceptors (Lipinski definition) is 10. The van der Waals surface area contributed by atoms with E-state index in [2.05, 4.69) is 20.9 Å². The average Bonchev–Trinajstić information content (AvgIpc) is 3.48. The number of aliphatic hydroxyl groups excluding tert-OH is 1. The number of aromatic hydroxyl groups is 2. The van der Waals surface area contributed by atoms with Crippen molar-refractivity contribution >= 4 is 35.6 Å². The van der Waals surface area contributed by atoms with Gasteiger partial charge in [-0.2, -0.15) is 0 Å². The molecule has 1 aliphatic heterocycles. The number of carbonyl (C=O) groups is 5. The lowest BCUT2D eigenvalue weighted by Crippen LogP contribution is -2.59. The van der Waals surface area contributed by atoms with E-state index < -0.39 is 71.7 Å². The molecule has 2 rings (SSSR count). The highest BCUT2D eigenvalue weighted by Crippen LogP contribution is 2.26. The molecule has 4 amide bonds. The molecule has 1 aliphatic rings. The minimum Gasteiger partial charge on any atom is -0.504 e. The summed E-state index contributed by atoms with van der Waals surface area (Å²) in [6.45, 7) is 5.31. The summed E-state index contributed by atoms with van der Waals surface area (Å²) < 4.78 is 0. The van der Waals surface area contributed by atoms with E-state index in [1.807, 2.05) is 13.8 Å². The zero-order valence-corrected chi connectivity index (χ0v) is 26.9. The van der Waals surface area contributed by atoms with Crippen LogP contribution in [0.15, 0.2) is 23.2 Å². The Morgan fingerprint density at radius 1 is 1.00 bits per heavy atom. The van der Waals surface area contributed by atoms with Crippen molar-refractivity contribution in [2.45, 2.75) is 95.6 Å². The number of rotatable bonds is 17. The van der Waals surface area contributed by atoms with Crippen LogP contribution in [0.2, 0.25) is 0 Å². The maximum Gasteiger partial charge on any atom is 0.328 e. The van der Waals surface area contributed by atoms with Gasteiger partial charge in [-0.15, -0.1) is 0 Å². The van der Waals surface area contributed by atoms with Crippen LogP contribution in [0.3, 0.4) is 0 Å². The van der Waals surface area contributed by atoms with E-state index in [1.54, 1.807) is 0 Å². The van der Waals surface area contributed by atoms with Crippen molar-refractivity contribution in [3.63, 3.8) is 0 Å². The molecule has 0 radical (unpaired) electrons. The van der Waals surface area contributed by atoms with Gasteiger partial charge in [0.05, 0.1) is 12.1 Å². The minimum absolute atomic E-state index is 0.0912. The fraction of sp³-hybridized carbons (Fsp3) is 0.600. The van der Waals surface area contributed by atoms with Gasteiger partial charge in [-0.3, -0.25) is 24.2 Å². The van der Waals surface area contributed by atoms with Crippen LogP contribution in [0.5, 0.6) is 11.5 Å². The molecule has 0 spiro atoms. The number of nitrogens with two attached hydrogens (primary N) is 3. The fourth-order valence-electron chi connectivity index (χ4n) is 5.18. The summed E-state index contributed by atoms with van der Waals surface area (Å²) >= 11 is 0. The van der Waals surface area contributed by atoms with Gasteiger partial charge < -0.3 is 58.5 Å². The summed E-state index contributed by atoms with van der Waals surface area (Å²) in [6, 6.07) is -2.10. The van der Waals surface area contributed by atoms with Gasteiger partial charge >= 0.3 is 5.97 Å². The van der Waals surface area contributed by atoms with Crippen molar-refractivity contribution in [1.29, 1.82) is 0 Å². The van der Waals surface area contributed by atoms with E-state index in [0.29, 0.717) is 18.4 Å². The third-order valence-electron chi connectivity index (χ3n) is 7.62. The number of aliphatic hydroxyl groups is 1. The summed E-state index contributed by atoms with van der Waals surface area (Å²) in [6.07, 6.45) is -0.0788. The van der Waals surface area contributed by atoms with Crippen LogP contribution in [0, 0.1) is 5.92 Å². The second-order valence-corrected chi connectivity index (χ2v) is 12.1. The number of guanidine groups is 1. The molecule has 13 N–H and O–H groups in total. The number of hydrogen-bond donors (Lipinski definition) is 10. The molecule has 0 aromatic heterocycles. The molecule has 1 saturated heterocycles. The lowest BCUT2D eigenvalue weighted by atomic mass is 9.99. The highest BCUT2D eigenvalue weighted by atomic mass is 16.4. The Kier molecular flexibility index (Phi) is 14.7. The molecule has 0 aliphatic carbocycles. The zero-order chi connectivity index (χ0) is 35.4. The maximum atomic E-state index is 13.8. The van der Waals surface area contributed by atoms with Crippen LogP contribution < -0.4 is 33.2 Å². The number of amides is 4. The molecule has 17 heteroatoms. The lowest BCUT2D eigenvalue weighted by molar-refractivity contribution is -0.147. The normalized spacial score (nSPS) is 17.6. The van der Waals surface area contributed by atoms with Crippen molar-refractivity contribution in [3.8, 4) is 11.5 Å². The third-order valence-corrected chi connectivity index (χ3v) is 7.62. The topological polar surface area (TPSA) is 296 Å². The summed E-state index contributed by atoms with van der Waals surface area (Å²) in [5.41, 5.74) is 17.1. The van der Waals surface area contributed by atoms with Crippen molar-refractivity contribution in [2.24, 2.45) is 28.1 Å². The van der Waals surface area contributed by atoms with Gasteiger partial charge in [-0.25, -0.2) is 4.79 Å². The Bertz CT molecular complexity index is 1300. The Morgan fingerprint density at radius 2 is 1.66 bits per heavy atom. The quantitative estimate of drug-likeness (QED) is 0.0374. The Morgan fingerprint density at radius 3 is 2.23 bits per heavy atom. The van der Waals surface area contributed by atoms with Crippen LogP contribution in [-0.2, 0) is 30.4 Å². The van der Waals surface area contributed by atoms with Crippen LogP contribution in [0.4, 0.5) is 0 Å². The van der Waals surface area contributed by atoms with E-state index in [0.717, 1.165) is 0 Å². The van der Waals surface area contributed by atoms with E-state index in [1.165, 1.54) is 30.0 Å². The Labute approximate surface area is 272 Å². The van der Waals surface area contributed by atoms with Crippen molar-refractivity contribution < 1.29 is 44.4 Å². The second-order valence-electron chi connectivity index (χ2n) is 12.1. The number of carbonyl (C=O) groups excluding carboxylic acids is 4. The van der Waals surface area contributed by atoms with E-state index in [9.17, 15) is 44.4 Å². The van der Waals surface area contributed by atoms with Gasteiger partial charge in [0.2, 0.25) is 23.6 Å². The first-order chi connectivity index (χ1) is 22.0. The summed E-state index contributed by atoms with van der Waals surface area (Å²) in [5, 5.41) is 46.5. The first-order valence-corrected chi connectivity index (χ1v) is 15.5. The van der Waals surface area contributed by atoms with E-state index >= 15 is 0 Å². The molecule has 1 heterocycles. The van der Waals surface area contributed by atoms with Crippen LogP contribution in [0.1, 0.15) is 58.4 Å². The zero-order valence-electron chi connectivity index (χ0n) is 26.9. The average molecular weight is 665 g/mol. The molecular formula is C30H48N8O9. The predicted octanol–water partition coefficient (Wildman–Crippen LogP) is -2.02. The molecule has 0 saturated carbocycles. The monoisotopic (exact) mass is 664 g/mol. The molecule has 262 valence electrons. The molecule has 1 aromatic carbocycles. The summed E-state index contributed by atoms with van der Waals surface area (Å²) in [4.78, 5) is 70.3. The number of aliphatic imine (C=N–C) groups is 1. The number of aliphatic carboxylic acids is 1. The molecule has 0 bridgehead atoms. The van der Waals surface area contributed by atoms with E-state index in [-0.39, 0.29) is 56.4 Å². The number of phenols is 2. The van der Waals surface area contributed by atoms with Crippen LogP contribution in [0.25, 0.3) is 0 Å². The van der Waals surface area contributed by atoms with Crippen molar-refractivity contribution in [2.75, 3.05) is 13.1 Å². The molecule has 47 heavy (non-hydrogen) atoms. The molecular weight excluding hydrogens is 616 g/mol. The predicted molar refractivity (Wildman–Crippen MR) is 171 cm³/mol. The molecule has 1 aromatic rings. The van der Waals surface area contributed by atoms with Gasteiger partial charge in [0.1, 0.15) is 18.1 Å². The fourth-order valence-corrected chi connectivity index (χ4v) is 5.18. The number of phenolic OH excluding ortho intramolecular Hbond substituents is 2. The van der Waals surface area contributed by atoms with E-state index in [4.69, 9.17) is 17.2 Å².